The highest BCUT2D eigenvalue weighted by Crippen LogP contribution is 2.13. The summed E-state index contributed by atoms with van der Waals surface area (Å²) in [7, 11) is 0. The van der Waals surface area contributed by atoms with E-state index >= 15 is 0 Å². The fraction of sp³-hybridized carbons (Fsp3) is 0.571. The summed E-state index contributed by atoms with van der Waals surface area (Å²) in [6.45, 7) is 1.49. The van der Waals surface area contributed by atoms with Crippen LogP contribution in [0.5, 0.6) is 0 Å². The van der Waals surface area contributed by atoms with Gasteiger partial charge in [0.25, 0.3) is 0 Å². The maximum absolute atomic E-state index is 11.0. The first-order valence-electron chi connectivity index (χ1n) is 6.41. The van der Waals surface area contributed by atoms with Crippen LogP contribution in [0.3, 0.4) is 0 Å². The molecule has 0 aromatic carbocycles. The van der Waals surface area contributed by atoms with Crippen molar-refractivity contribution in [1.29, 1.82) is 0 Å². The minimum atomic E-state index is -0.720. The Balaban J connectivity index is 2.07. The van der Waals surface area contributed by atoms with E-state index < -0.39 is 5.97 Å². The van der Waals surface area contributed by atoms with Crippen molar-refractivity contribution >= 4 is 11.8 Å². The summed E-state index contributed by atoms with van der Waals surface area (Å²) < 4.78 is 5.38. The topological polar surface area (TPSA) is 67.5 Å². The molecule has 0 aliphatic rings. The van der Waals surface area contributed by atoms with Gasteiger partial charge in [0.1, 0.15) is 5.76 Å². The van der Waals surface area contributed by atoms with Crippen LogP contribution in [0.2, 0.25) is 0 Å². The minimum absolute atomic E-state index is 0.0464. The van der Waals surface area contributed by atoms with Crippen molar-refractivity contribution in [3.8, 4) is 0 Å². The zero-order chi connectivity index (χ0) is 13.4. The van der Waals surface area contributed by atoms with E-state index in [1.165, 1.54) is 6.92 Å². The number of aryl methyl sites for hydroxylation is 1. The monoisotopic (exact) mass is 252 g/mol. The Bertz CT molecular complexity index is 392. The Kier molecular flexibility index (Phi) is 6.19. The molecule has 0 amide bonds. The normalized spacial score (nSPS) is 10.5. The van der Waals surface area contributed by atoms with Crippen LogP contribution < -0.4 is 0 Å². The van der Waals surface area contributed by atoms with Crippen LogP contribution >= 0.6 is 0 Å². The molecule has 4 nitrogen and oxygen atoms in total. The summed E-state index contributed by atoms with van der Waals surface area (Å²) in [6, 6.07) is 3.56. The molecule has 0 unspecified atom stereocenters. The van der Waals surface area contributed by atoms with Gasteiger partial charge in [-0.1, -0.05) is 19.3 Å². The van der Waals surface area contributed by atoms with Gasteiger partial charge in [0.05, 0.1) is 0 Å². The minimum Gasteiger partial charge on any atom is -0.481 e. The Hall–Kier alpha value is -1.58. The van der Waals surface area contributed by atoms with Crippen molar-refractivity contribution in [3.63, 3.8) is 0 Å². The SMILES string of the molecule is CC(=O)c1ccc(CCCCCCCC(=O)O)o1. The number of Topliss-reactive ketones (excluding diaryl/α,β-unsaturated/α-hetero) is 1. The van der Waals surface area contributed by atoms with Crippen molar-refractivity contribution in [2.24, 2.45) is 0 Å². The second kappa shape index (κ2) is 7.69. The van der Waals surface area contributed by atoms with Crippen LogP contribution in [0.4, 0.5) is 0 Å². The van der Waals surface area contributed by atoms with E-state index in [-0.39, 0.29) is 12.2 Å². The highest BCUT2D eigenvalue weighted by Gasteiger charge is 2.05. The number of carboxylic acids is 1. The summed E-state index contributed by atoms with van der Waals surface area (Å²) in [5, 5.41) is 8.47. The van der Waals surface area contributed by atoms with Crippen LogP contribution in [-0.2, 0) is 11.2 Å². The van der Waals surface area contributed by atoms with E-state index in [2.05, 4.69) is 0 Å². The molecule has 0 atom stereocenters. The molecular formula is C14H20O4. The van der Waals surface area contributed by atoms with E-state index in [0.29, 0.717) is 5.76 Å². The number of carboxylic acid groups (broad SMARTS) is 1. The molecule has 1 aromatic heterocycles. The predicted octanol–water partition coefficient (Wildman–Crippen LogP) is 3.45. The second-order valence-electron chi connectivity index (χ2n) is 4.48. The molecule has 1 rings (SSSR count). The highest BCUT2D eigenvalue weighted by molar-refractivity contribution is 5.91. The van der Waals surface area contributed by atoms with Gasteiger partial charge < -0.3 is 9.52 Å². The van der Waals surface area contributed by atoms with Crippen molar-refractivity contribution in [3.05, 3.63) is 23.7 Å². The molecule has 1 aromatic rings. The van der Waals surface area contributed by atoms with Gasteiger partial charge in [-0.15, -0.1) is 0 Å². The zero-order valence-corrected chi connectivity index (χ0v) is 10.8. The van der Waals surface area contributed by atoms with Gasteiger partial charge in [0.15, 0.2) is 11.5 Å². The number of ketones is 1. The van der Waals surface area contributed by atoms with E-state index in [0.717, 1.165) is 44.3 Å². The molecule has 4 heteroatoms. The molecule has 0 radical (unpaired) electrons. The maximum atomic E-state index is 11.0. The molecule has 0 saturated carbocycles. The highest BCUT2D eigenvalue weighted by atomic mass is 16.4. The van der Waals surface area contributed by atoms with Crippen molar-refractivity contribution in [2.45, 2.75) is 51.9 Å². The van der Waals surface area contributed by atoms with Crippen molar-refractivity contribution < 1.29 is 19.1 Å². The van der Waals surface area contributed by atoms with Gasteiger partial charge in [-0.3, -0.25) is 9.59 Å². The van der Waals surface area contributed by atoms with Crippen LogP contribution in [0.1, 0.15) is 61.8 Å². The summed E-state index contributed by atoms with van der Waals surface area (Å²) in [5.74, 6) is 0.509. The molecule has 0 fully saturated rings. The lowest BCUT2D eigenvalue weighted by molar-refractivity contribution is -0.137. The lowest BCUT2D eigenvalue weighted by Gasteiger charge is -1.99. The van der Waals surface area contributed by atoms with Crippen molar-refractivity contribution in [2.75, 3.05) is 0 Å². The van der Waals surface area contributed by atoms with E-state index in [4.69, 9.17) is 9.52 Å². The van der Waals surface area contributed by atoms with E-state index in [9.17, 15) is 9.59 Å². The van der Waals surface area contributed by atoms with Crippen LogP contribution in [0, 0.1) is 0 Å². The summed E-state index contributed by atoms with van der Waals surface area (Å²) in [5.41, 5.74) is 0. The van der Waals surface area contributed by atoms with Crippen LogP contribution in [0.25, 0.3) is 0 Å². The molecule has 0 bridgehead atoms. The largest absolute Gasteiger partial charge is 0.481 e. The van der Waals surface area contributed by atoms with Gasteiger partial charge in [0, 0.05) is 19.8 Å². The molecule has 100 valence electrons. The number of unbranched alkanes of at least 4 members (excludes halogenated alkanes) is 4. The average molecular weight is 252 g/mol. The van der Waals surface area contributed by atoms with Gasteiger partial charge in [-0.05, 0) is 25.0 Å². The number of hydrogen-bond donors (Lipinski definition) is 1. The lowest BCUT2D eigenvalue weighted by Crippen LogP contribution is -1.93. The molecule has 1 heterocycles. The Labute approximate surface area is 107 Å². The van der Waals surface area contributed by atoms with Crippen LogP contribution in [-0.4, -0.2) is 16.9 Å². The van der Waals surface area contributed by atoms with Crippen molar-refractivity contribution in [1.82, 2.24) is 0 Å². The molecule has 0 aliphatic carbocycles. The summed E-state index contributed by atoms with van der Waals surface area (Å²) in [4.78, 5) is 21.3. The van der Waals surface area contributed by atoms with Gasteiger partial charge in [0.2, 0.25) is 0 Å². The number of hydrogen-bond acceptors (Lipinski definition) is 3. The summed E-state index contributed by atoms with van der Waals surface area (Å²) in [6.07, 6.45) is 5.95. The van der Waals surface area contributed by atoms with E-state index in [1.807, 2.05) is 6.07 Å². The number of furan rings is 1. The molecule has 0 spiro atoms. The van der Waals surface area contributed by atoms with Gasteiger partial charge in [-0.25, -0.2) is 0 Å². The third kappa shape index (κ3) is 5.66. The standard InChI is InChI=1S/C14H20O4/c1-11(15)13-10-9-12(18-13)7-5-3-2-4-6-8-14(16)17/h9-10H,2-8H2,1H3,(H,16,17). The smallest absolute Gasteiger partial charge is 0.303 e. The Morgan fingerprint density at radius 1 is 1.11 bits per heavy atom. The van der Waals surface area contributed by atoms with E-state index in [1.54, 1.807) is 6.07 Å². The number of rotatable bonds is 9. The third-order valence-electron chi connectivity index (χ3n) is 2.82. The maximum Gasteiger partial charge on any atom is 0.303 e. The number of carbonyl (C=O) groups is 2. The zero-order valence-electron chi connectivity index (χ0n) is 10.8. The number of carbonyl (C=O) groups excluding carboxylic acids is 1. The quantitative estimate of drug-likeness (QED) is 0.540. The van der Waals surface area contributed by atoms with Crippen LogP contribution in [0.15, 0.2) is 16.5 Å². The molecular weight excluding hydrogens is 232 g/mol. The Morgan fingerprint density at radius 3 is 2.39 bits per heavy atom. The molecule has 0 aliphatic heterocycles. The summed E-state index contributed by atoms with van der Waals surface area (Å²) >= 11 is 0. The second-order valence-corrected chi connectivity index (χ2v) is 4.48. The first kappa shape index (κ1) is 14.5. The Morgan fingerprint density at radius 2 is 1.78 bits per heavy atom. The first-order chi connectivity index (χ1) is 8.59. The first-order valence-corrected chi connectivity index (χ1v) is 6.41. The molecule has 18 heavy (non-hydrogen) atoms. The lowest BCUT2D eigenvalue weighted by atomic mass is 10.1. The molecule has 1 N–H and O–H groups in total. The predicted molar refractivity (Wildman–Crippen MR) is 67.8 cm³/mol. The fourth-order valence-corrected chi connectivity index (χ4v) is 1.81. The van der Waals surface area contributed by atoms with Gasteiger partial charge >= 0.3 is 5.97 Å². The van der Waals surface area contributed by atoms with Gasteiger partial charge in [-0.2, -0.15) is 0 Å². The average Bonchev–Trinajstić information content (AvgIpc) is 2.76. The molecule has 0 saturated heterocycles. The third-order valence-corrected chi connectivity index (χ3v) is 2.82. The number of aliphatic carboxylic acids is 1. The fourth-order valence-electron chi connectivity index (χ4n) is 1.81.